The normalized spacial score (nSPS) is 11.7. The maximum atomic E-state index is 11.9. The molecule has 0 spiro atoms. The van der Waals surface area contributed by atoms with E-state index in [9.17, 15) is 9.90 Å². The standard InChI is InChI=1S/C22H28O7/c1-25-15-28-19-9-5-17(6-10-19)4-3-13-27-22(24)14-21(23)18-7-11-20(12-8-18)29-16-26-2/h5-12,21,23H,3-4,13-16H2,1-2H3. The highest BCUT2D eigenvalue weighted by atomic mass is 16.7. The van der Waals surface area contributed by atoms with Gasteiger partial charge in [0.25, 0.3) is 0 Å². The number of hydrogen-bond acceptors (Lipinski definition) is 7. The number of carbonyl (C=O) groups excluding carboxylic acids is 1. The van der Waals surface area contributed by atoms with E-state index in [-0.39, 0.29) is 20.0 Å². The molecule has 0 aromatic heterocycles. The maximum absolute atomic E-state index is 11.9. The molecule has 0 saturated carbocycles. The van der Waals surface area contributed by atoms with E-state index in [2.05, 4.69) is 0 Å². The number of aryl methyl sites for hydroxylation is 1. The third-order valence-electron chi connectivity index (χ3n) is 4.11. The van der Waals surface area contributed by atoms with Crippen molar-refractivity contribution in [1.29, 1.82) is 0 Å². The number of carbonyl (C=O) groups is 1. The molecule has 2 rings (SSSR count). The number of rotatable bonds is 13. The van der Waals surface area contributed by atoms with Crippen LogP contribution in [-0.2, 0) is 25.4 Å². The van der Waals surface area contributed by atoms with Gasteiger partial charge in [-0.05, 0) is 48.2 Å². The summed E-state index contributed by atoms with van der Waals surface area (Å²) in [4.78, 5) is 11.9. The number of benzene rings is 2. The van der Waals surface area contributed by atoms with Crippen LogP contribution in [0.25, 0.3) is 0 Å². The average molecular weight is 404 g/mol. The second-order valence-corrected chi connectivity index (χ2v) is 6.36. The number of aliphatic hydroxyl groups excluding tert-OH is 1. The zero-order valence-corrected chi connectivity index (χ0v) is 16.8. The zero-order chi connectivity index (χ0) is 20.9. The van der Waals surface area contributed by atoms with Crippen molar-refractivity contribution in [1.82, 2.24) is 0 Å². The minimum atomic E-state index is -0.918. The quantitative estimate of drug-likeness (QED) is 0.312. The highest BCUT2D eigenvalue weighted by molar-refractivity contribution is 5.70. The minimum absolute atomic E-state index is 0.0934. The fourth-order valence-electron chi connectivity index (χ4n) is 2.59. The average Bonchev–Trinajstić information content (AvgIpc) is 2.75. The lowest BCUT2D eigenvalue weighted by atomic mass is 10.1. The lowest BCUT2D eigenvalue weighted by Crippen LogP contribution is -2.11. The van der Waals surface area contributed by atoms with Crippen LogP contribution in [0.5, 0.6) is 11.5 Å². The zero-order valence-electron chi connectivity index (χ0n) is 16.8. The van der Waals surface area contributed by atoms with Gasteiger partial charge >= 0.3 is 5.97 Å². The van der Waals surface area contributed by atoms with Crippen molar-refractivity contribution in [2.75, 3.05) is 34.4 Å². The van der Waals surface area contributed by atoms with Crippen molar-refractivity contribution >= 4 is 5.97 Å². The molecule has 158 valence electrons. The molecule has 0 heterocycles. The van der Waals surface area contributed by atoms with Gasteiger partial charge in [-0.15, -0.1) is 0 Å². The van der Waals surface area contributed by atoms with Crippen molar-refractivity contribution in [3.63, 3.8) is 0 Å². The number of hydrogen-bond donors (Lipinski definition) is 1. The molecule has 1 unspecified atom stereocenters. The molecular weight excluding hydrogens is 376 g/mol. The Morgan fingerprint density at radius 2 is 1.45 bits per heavy atom. The molecule has 2 aromatic rings. The third-order valence-corrected chi connectivity index (χ3v) is 4.11. The summed E-state index contributed by atoms with van der Waals surface area (Å²) < 4.78 is 25.5. The lowest BCUT2D eigenvalue weighted by molar-refractivity contribution is -0.146. The van der Waals surface area contributed by atoms with Crippen LogP contribution in [-0.4, -0.2) is 45.5 Å². The summed E-state index contributed by atoms with van der Waals surface area (Å²) >= 11 is 0. The Morgan fingerprint density at radius 1 is 0.897 bits per heavy atom. The molecule has 0 saturated heterocycles. The molecule has 0 aliphatic heterocycles. The van der Waals surface area contributed by atoms with Crippen LogP contribution in [0.3, 0.4) is 0 Å². The summed E-state index contributed by atoms with van der Waals surface area (Å²) in [6.07, 6.45) is 0.470. The van der Waals surface area contributed by atoms with E-state index in [4.69, 9.17) is 23.7 Å². The van der Waals surface area contributed by atoms with E-state index in [1.165, 1.54) is 0 Å². The highest BCUT2D eigenvalue weighted by Crippen LogP contribution is 2.21. The largest absolute Gasteiger partial charge is 0.468 e. The van der Waals surface area contributed by atoms with Crippen LogP contribution in [0.4, 0.5) is 0 Å². The first-order valence-corrected chi connectivity index (χ1v) is 9.38. The molecule has 0 fully saturated rings. The van der Waals surface area contributed by atoms with Gasteiger partial charge in [0.15, 0.2) is 13.6 Å². The monoisotopic (exact) mass is 404 g/mol. The lowest BCUT2D eigenvalue weighted by Gasteiger charge is -2.12. The highest BCUT2D eigenvalue weighted by Gasteiger charge is 2.14. The Kier molecular flexibility index (Phi) is 9.99. The van der Waals surface area contributed by atoms with Crippen LogP contribution >= 0.6 is 0 Å². The molecular formula is C22H28O7. The van der Waals surface area contributed by atoms with Gasteiger partial charge in [-0.2, -0.15) is 0 Å². The number of aliphatic hydroxyl groups is 1. The topological polar surface area (TPSA) is 83.5 Å². The number of esters is 1. The van der Waals surface area contributed by atoms with Gasteiger partial charge in [0, 0.05) is 14.2 Å². The van der Waals surface area contributed by atoms with Gasteiger partial charge in [0.05, 0.1) is 19.1 Å². The SMILES string of the molecule is COCOc1ccc(CCCOC(=O)CC(O)c2ccc(OCOC)cc2)cc1. The Hall–Kier alpha value is -2.61. The van der Waals surface area contributed by atoms with E-state index >= 15 is 0 Å². The number of ether oxygens (including phenoxy) is 5. The molecule has 7 heteroatoms. The maximum Gasteiger partial charge on any atom is 0.308 e. The van der Waals surface area contributed by atoms with Gasteiger partial charge in [0.1, 0.15) is 11.5 Å². The summed E-state index contributed by atoms with van der Waals surface area (Å²) in [7, 11) is 3.11. The first-order valence-electron chi connectivity index (χ1n) is 9.38. The van der Waals surface area contributed by atoms with E-state index in [0.29, 0.717) is 24.3 Å². The van der Waals surface area contributed by atoms with Crippen LogP contribution in [0.15, 0.2) is 48.5 Å². The van der Waals surface area contributed by atoms with E-state index < -0.39 is 12.1 Å². The van der Waals surface area contributed by atoms with Gasteiger partial charge in [-0.25, -0.2) is 0 Å². The van der Waals surface area contributed by atoms with Crippen LogP contribution in [0, 0.1) is 0 Å². The van der Waals surface area contributed by atoms with Crippen LogP contribution < -0.4 is 9.47 Å². The van der Waals surface area contributed by atoms with Gasteiger partial charge in [-0.3, -0.25) is 4.79 Å². The Labute approximate surface area is 171 Å². The van der Waals surface area contributed by atoms with E-state index in [1.54, 1.807) is 38.5 Å². The molecule has 0 aliphatic carbocycles. The first-order chi connectivity index (χ1) is 14.1. The summed E-state index contributed by atoms with van der Waals surface area (Å²) in [5, 5.41) is 10.2. The third kappa shape index (κ3) is 8.51. The molecule has 0 radical (unpaired) electrons. The van der Waals surface area contributed by atoms with E-state index in [0.717, 1.165) is 17.7 Å². The predicted octanol–water partition coefficient (Wildman–Crippen LogP) is 3.25. The van der Waals surface area contributed by atoms with Crippen molar-refractivity contribution in [3.05, 3.63) is 59.7 Å². The minimum Gasteiger partial charge on any atom is -0.468 e. The smallest absolute Gasteiger partial charge is 0.308 e. The molecule has 0 amide bonds. The fraction of sp³-hybridized carbons (Fsp3) is 0.409. The van der Waals surface area contributed by atoms with Crippen LogP contribution in [0.1, 0.15) is 30.1 Å². The van der Waals surface area contributed by atoms with Crippen molar-refractivity contribution in [2.45, 2.75) is 25.4 Å². The van der Waals surface area contributed by atoms with Crippen molar-refractivity contribution in [3.8, 4) is 11.5 Å². The molecule has 1 N–H and O–H groups in total. The molecule has 0 aliphatic rings. The second kappa shape index (κ2) is 12.8. The Balaban J connectivity index is 1.66. The molecule has 1 atom stereocenters. The van der Waals surface area contributed by atoms with E-state index in [1.807, 2.05) is 24.3 Å². The van der Waals surface area contributed by atoms with Crippen molar-refractivity contribution in [2.24, 2.45) is 0 Å². The first kappa shape index (κ1) is 22.7. The van der Waals surface area contributed by atoms with Crippen molar-refractivity contribution < 1.29 is 33.6 Å². The molecule has 2 aromatic carbocycles. The second-order valence-electron chi connectivity index (χ2n) is 6.36. The fourth-order valence-corrected chi connectivity index (χ4v) is 2.59. The number of methoxy groups -OCH3 is 2. The Morgan fingerprint density at radius 3 is 2.00 bits per heavy atom. The summed E-state index contributed by atoms with van der Waals surface area (Å²) in [5.74, 6) is 0.943. The summed E-state index contributed by atoms with van der Waals surface area (Å²) in [5.41, 5.74) is 1.75. The van der Waals surface area contributed by atoms with Gasteiger partial charge in [-0.1, -0.05) is 24.3 Å². The van der Waals surface area contributed by atoms with Crippen LogP contribution in [0.2, 0.25) is 0 Å². The van der Waals surface area contributed by atoms with Gasteiger partial charge in [0.2, 0.25) is 0 Å². The van der Waals surface area contributed by atoms with Gasteiger partial charge < -0.3 is 28.8 Å². The summed E-state index contributed by atoms with van der Waals surface area (Å²) in [6, 6.07) is 14.5. The molecule has 7 nitrogen and oxygen atoms in total. The summed E-state index contributed by atoms with van der Waals surface area (Å²) in [6.45, 7) is 0.671. The molecule has 0 bridgehead atoms. The molecule has 29 heavy (non-hydrogen) atoms. The Bertz CT molecular complexity index is 713. The predicted molar refractivity (Wildman–Crippen MR) is 107 cm³/mol.